The van der Waals surface area contributed by atoms with Crippen molar-refractivity contribution in [2.75, 3.05) is 31.6 Å². The molecule has 1 fully saturated rings. The van der Waals surface area contributed by atoms with Gasteiger partial charge in [-0.1, -0.05) is 12.1 Å². The fraction of sp³-hybridized carbons (Fsp3) is 0.273. The Kier molecular flexibility index (Phi) is 5.67. The molecule has 7 nitrogen and oxygen atoms in total. The lowest BCUT2D eigenvalue weighted by Crippen LogP contribution is -2.41. The lowest BCUT2D eigenvalue weighted by molar-refractivity contribution is -0.122. The monoisotopic (exact) mass is 412 g/mol. The van der Waals surface area contributed by atoms with Crippen LogP contribution in [-0.2, 0) is 9.53 Å². The molecule has 3 aromatic rings. The van der Waals surface area contributed by atoms with Crippen LogP contribution in [0.15, 0.2) is 52.9 Å². The minimum atomic E-state index is -0.879. The second kappa shape index (κ2) is 8.54. The summed E-state index contributed by atoms with van der Waals surface area (Å²) in [5.74, 6) is -0.726. The molecule has 0 aliphatic carbocycles. The van der Waals surface area contributed by atoms with Crippen LogP contribution in [0.5, 0.6) is 5.75 Å². The number of carbonyl (C=O) groups is 2. The van der Waals surface area contributed by atoms with Crippen LogP contribution >= 0.6 is 0 Å². The van der Waals surface area contributed by atoms with Gasteiger partial charge in [0.15, 0.2) is 6.10 Å². The number of nitrogens with zero attached hydrogens (tertiary/aromatic N) is 1. The first-order valence-corrected chi connectivity index (χ1v) is 9.64. The summed E-state index contributed by atoms with van der Waals surface area (Å²) < 4.78 is 29.8. The van der Waals surface area contributed by atoms with E-state index in [9.17, 15) is 14.0 Å². The standard InChI is InChI=1S/C22H21FN2O5/c1-14(29-16-8-6-15(23)7-9-16)21(26)24-19-17-4-2-3-5-18(17)30-20(19)22(27)25-10-12-28-13-11-25/h2-9,14H,10-13H2,1H3,(H,24,26)/t14-/m0/s1. The molecule has 1 saturated heterocycles. The number of ether oxygens (including phenoxy) is 2. The predicted molar refractivity (Wildman–Crippen MR) is 108 cm³/mol. The van der Waals surface area contributed by atoms with Crippen molar-refractivity contribution in [1.82, 2.24) is 4.90 Å². The maximum atomic E-state index is 13.1. The molecule has 1 aliphatic heterocycles. The van der Waals surface area contributed by atoms with Crippen molar-refractivity contribution in [1.29, 1.82) is 0 Å². The van der Waals surface area contributed by atoms with Crippen LogP contribution in [0.1, 0.15) is 17.5 Å². The highest BCUT2D eigenvalue weighted by Gasteiger charge is 2.28. The average Bonchev–Trinajstić information content (AvgIpc) is 3.13. The molecule has 1 aromatic heterocycles. The highest BCUT2D eigenvalue weighted by Crippen LogP contribution is 2.32. The van der Waals surface area contributed by atoms with Gasteiger partial charge in [-0.25, -0.2) is 4.39 Å². The van der Waals surface area contributed by atoms with Gasteiger partial charge in [-0.15, -0.1) is 0 Å². The molecule has 156 valence electrons. The number of hydrogen-bond acceptors (Lipinski definition) is 5. The molecule has 0 radical (unpaired) electrons. The molecule has 0 unspecified atom stereocenters. The summed E-state index contributed by atoms with van der Waals surface area (Å²) in [4.78, 5) is 27.4. The molecule has 30 heavy (non-hydrogen) atoms. The zero-order valence-corrected chi connectivity index (χ0v) is 16.4. The number of para-hydroxylation sites is 1. The molecule has 1 aliphatic rings. The summed E-state index contributed by atoms with van der Waals surface area (Å²) in [7, 11) is 0. The molecule has 0 spiro atoms. The molecule has 0 bridgehead atoms. The van der Waals surface area contributed by atoms with Gasteiger partial charge in [0, 0.05) is 18.5 Å². The van der Waals surface area contributed by atoms with Crippen molar-refractivity contribution in [3.63, 3.8) is 0 Å². The van der Waals surface area contributed by atoms with Crippen molar-refractivity contribution in [2.24, 2.45) is 0 Å². The van der Waals surface area contributed by atoms with Gasteiger partial charge in [-0.2, -0.15) is 0 Å². The van der Waals surface area contributed by atoms with E-state index in [0.29, 0.717) is 48.7 Å². The number of rotatable bonds is 5. The molecular formula is C22H21FN2O5. The number of fused-ring (bicyclic) bond motifs is 1. The molecule has 2 amide bonds. The molecule has 2 heterocycles. The minimum absolute atomic E-state index is 0.0698. The fourth-order valence-electron chi connectivity index (χ4n) is 3.23. The third kappa shape index (κ3) is 4.13. The van der Waals surface area contributed by atoms with Gasteiger partial charge in [-0.3, -0.25) is 9.59 Å². The van der Waals surface area contributed by atoms with E-state index >= 15 is 0 Å². The van der Waals surface area contributed by atoms with Gasteiger partial charge in [0.25, 0.3) is 11.8 Å². The van der Waals surface area contributed by atoms with Gasteiger partial charge in [0.05, 0.1) is 13.2 Å². The Morgan fingerprint density at radius 2 is 1.80 bits per heavy atom. The van der Waals surface area contributed by atoms with E-state index in [0.717, 1.165) is 0 Å². The van der Waals surface area contributed by atoms with Crippen LogP contribution in [0.25, 0.3) is 11.0 Å². The summed E-state index contributed by atoms with van der Waals surface area (Å²) in [6, 6.07) is 12.5. The van der Waals surface area contributed by atoms with Gasteiger partial charge >= 0.3 is 0 Å². The highest BCUT2D eigenvalue weighted by molar-refractivity contribution is 6.11. The number of hydrogen-bond donors (Lipinski definition) is 1. The topological polar surface area (TPSA) is 81.0 Å². The Balaban J connectivity index is 1.58. The van der Waals surface area contributed by atoms with E-state index in [-0.39, 0.29) is 11.7 Å². The fourth-order valence-corrected chi connectivity index (χ4v) is 3.23. The van der Waals surface area contributed by atoms with Gasteiger partial charge in [-0.05, 0) is 43.3 Å². The third-order valence-corrected chi connectivity index (χ3v) is 4.83. The van der Waals surface area contributed by atoms with Crippen LogP contribution in [0.3, 0.4) is 0 Å². The molecule has 8 heteroatoms. The van der Waals surface area contributed by atoms with E-state index < -0.39 is 17.8 Å². The van der Waals surface area contributed by atoms with E-state index in [1.54, 1.807) is 36.1 Å². The first-order chi connectivity index (χ1) is 14.5. The number of benzene rings is 2. The second-order valence-electron chi connectivity index (χ2n) is 6.91. The van der Waals surface area contributed by atoms with Crippen LogP contribution in [-0.4, -0.2) is 49.1 Å². The Morgan fingerprint density at radius 1 is 1.10 bits per heavy atom. The zero-order chi connectivity index (χ0) is 21.1. The summed E-state index contributed by atoms with van der Waals surface area (Å²) in [6.45, 7) is 3.39. The van der Waals surface area contributed by atoms with Gasteiger partial charge in [0.1, 0.15) is 22.8 Å². The molecule has 2 aromatic carbocycles. The summed E-state index contributed by atoms with van der Waals surface area (Å²) in [5.41, 5.74) is 0.804. The average molecular weight is 412 g/mol. The molecule has 0 saturated carbocycles. The lowest BCUT2D eigenvalue weighted by atomic mass is 10.2. The second-order valence-corrected chi connectivity index (χ2v) is 6.91. The molecule has 1 N–H and O–H groups in total. The number of morpholine rings is 1. The van der Waals surface area contributed by atoms with Gasteiger partial charge in [0.2, 0.25) is 5.76 Å². The number of amides is 2. The third-order valence-electron chi connectivity index (χ3n) is 4.83. The molecule has 1 atom stereocenters. The quantitative estimate of drug-likeness (QED) is 0.694. The van der Waals surface area contributed by atoms with Crippen molar-refractivity contribution in [3.05, 3.63) is 60.1 Å². The van der Waals surface area contributed by atoms with Crippen molar-refractivity contribution in [2.45, 2.75) is 13.0 Å². The Bertz CT molecular complexity index is 1060. The van der Waals surface area contributed by atoms with Crippen LogP contribution in [0.2, 0.25) is 0 Å². The SMILES string of the molecule is C[C@H](Oc1ccc(F)cc1)C(=O)Nc1c(C(=O)N2CCOCC2)oc2ccccc12. The van der Waals surface area contributed by atoms with E-state index in [2.05, 4.69) is 5.32 Å². The number of halogens is 1. The van der Waals surface area contributed by atoms with Crippen molar-refractivity contribution in [3.8, 4) is 5.75 Å². The van der Waals surface area contributed by atoms with Crippen LogP contribution in [0, 0.1) is 5.82 Å². The Morgan fingerprint density at radius 3 is 2.53 bits per heavy atom. The Hall–Kier alpha value is -3.39. The molecular weight excluding hydrogens is 391 g/mol. The first-order valence-electron chi connectivity index (χ1n) is 9.64. The predicted octanol–water partition coefficient (Wildman–Crippen LogP) is 3.45. The highest BCUT2D eigenvalue weighted by atomic mass is 19.1. The smallest absolute Gasteiger partial charge is 0.291 e. The summed E-state index contributed by atoms with van der Waals surface area (Å²) >= 11 is 0. The maximum Gasteiger partial charge on any atom is 0.291 e. The van der Waals surface area contributed by atoms with E-state index in [1.807, 2.05) is 0 Å². The van der Waals surface area contributed by atoms with Crippen molar-refractivity contribution >= 4 is 28.5 Å². The molecule has 4 rings (SSSR count). The van der Waals surface area contributed by atoms with Gasteiger partial charge < -0.3 is 24.1 Å². The normalized spacial score (nSPS) is 15.1. The first kappa shape index (κ1) is 19.9. The maximum absolute atomic E-state index is 13.1. The number of carbonyl (C=O) groups excluding carboxylic acids is 2. The van der Waals surface area contributed by atoms with E-state index in [1.165, 1.54) is 24.3 Å². The van der Waals surface area contributed by atoms with E-state index in [4.69, 9.17) is 13.9 Å². The zero-order valence-electron chi connectivity index (χ0n) is 16.4. The van der Waals surface area contributed by atoms with Crippen LogP contribution in [0.4, 0.5) is 10.1 Å². The summed E-state index contributed by atoms with van der Waals surface area (Å²) in [6.07, 6.45) is -0.879. The van der Waals surface area contributed by atoms with Crippen LogP contribution < -0.4 is 10.1 Å². The van der Waals surface area contributed by atoms with Crippen molar-refractivity contribution < 1.29 is 27.9 Å². The number of furan rings is 1. The summed E-state index contributed by atoms with van der Waals surface area (Å²) in [5, 5.41) is 3.40. The number of nitrogens with one attached hydrogen (secondary N) is 1. The number of anilines is 1. The lowest BCUT2D eigenvalue weighted by Gasteiger charge is -2.26. The minimum Gasteiger partial charge on any atom is -0.481 e. The largest absolute Gasteiger partial charge is 0.481 e. The Labute approximate surface area is 172 Å².